The van der Waals surface area contributed by atoms with Gasteiger partial charge in [-0.05, 0) is 35.7 Å². The number of rotatable bonds is 0. The first-order chi connectivity index (χ1) is 14.8. The molecule has 0 radical (unpaired) electrons. The number of hydrogen-bond acceptors (Lipinski definition) is 3. The summed E-state index contributed by atoms with van der Waals surface area (Å²) in [5.74, 6) is 0. The fraction of sp³-hybridized carbons (Fsp3) is 0. The van der Waals surface area contributed by atoms with Crippen LogP contribution in [-0.4, -0.2) is 9.38 Å². The van der Waals surface area contributed by atoms with Gasteiger partial charge in [-0.15, -0.1) is 11.3 Å². The SMILES string of the molecule is O=c1c2ccccc2nc2c3ccccc3c3cc4c(cc3n12)sc1ccccc14. The van der Waals surface area contributed by atoms with Gasteiger partial charge in [-0.1, -0.05) is 54.6 Å². The molecule has 3 nitrogen and oxygen atoms in total. The van der Waals surface area contributed by atoms with E-state index in [2.05, 4.69) is 48.5 Å². The number of aromatic nitrogens is 2. The zero-order valence-electron chi connectivity index (χ0n) is 15.8. The maximum Gasteiger partial charge on any atom is 0.266 e. The van der Waals surface area contributed by atoms with Crippen molar-refractivity contribution < 1.29 is 0 Å². The second-order valence-electron chi connectivity index (χ2n) is 7.60. The number of thiophene rings is 1. The molecule has 7 aromatic rings. The van der Waals surface area contributed by atoms with Gasteiger partial charge in [0.2, 0.25) is 0 Å². The van der Waals surface area contributed by atoms with E-state index in [4.69, 9.17) is 4.98 Å². The number of benzene rings is 4. The average molecular weight is 402 g/mol. The van der Waals surface area contributed by atoms with Crippen LogP contribution in [0.25, 0.3) is 58.4 Å². The molecule has 4 aromatic carbocycles. The lowest BCUT2D eigenvalue weighted by Crippen LogP contribution is -2.16. The minimum atomic E-state index is -0.0215. The van der Waals surface area contributed by atoms with Crippen molar-refractivity contribution in [1.29, 1.82) is 0 Å². The average Bonchev–Trinajstić information content (AvgIpc) is 3.16. The van der Waals surface area contributed by atoms with Crippen molar-refractivity contribution in [3.05, 3.63) is 95.3 Å². The summed E-state index contributed by atoms with van der Waals surface area (Å²) in [5, 5.41) is 6.32. The van der Waals surface area contributed by atoms with Gasteiger partial charge in [-0.2, -0.15) is 0 Å². The van der Waals surface area contributed by atoms with E-state index in [1.165, 1.54) is 20.2 Å². The lowest BCUT2D eigenvalue weighted by atomic mass is 10.0. The summed E-state index contributed by atoms with van der Waals surface area (Å²) in [6, 6.07) is 28.7. The second-order valence-corrected chi connectivity index (χ2v) is 8.69. The Morgan fingerprint density at radius 3 is 2.20 bits per heavy atom. The molecule has 0 fully saturated rings. The molecule has 0 unspecified atom stereocenters. The molecule has 0 spiro atoms. The van der Waals surface area contributed by atoms with Gasteiger partial charge in [0, 0.05) is 30.9 Å². The monoisotopic (exact) mass is 402 g/mol. The molecule has 0 saturated carbocycles. The predicted molar refractivity (Wildman–Crippen MR) is 127 cm³/mol. The summed E-state index contributed by atoms with van der Waals surface area (Å²) in [5.41, 5.74) is 2.33. The van der Waals surface area contributed by atoms with Gasteiger partial charge >= 0.3 is 0 Å². The minimum absolute atomic E-state index is 0.0215. The van der Waals surface area contributed by atoms with Crippen molar-refractivity contribution in [2.75, 3.05) is 0 Å². The molecule has 0 aliphatic rings. The molecule has 4 heteroatoms. The molecule has 7 rings (SSSR count). The number of fused-ring (bicyclic) bond motifs is 10. The van der Waals surface area contributed by atoms with E-state index in [1.807, 2.05) is 36.4 Å². The van der Waals surface area contributed by atoms with Crippen LogP contribution in [0.2, 0.25) is 0 Å². The highest BCUT2D eigenvalue weighted by Crippen LogP contribution is 2.38. The Morgan fingerprint density at radius 1 is 0.633 bits per heavy atom. The van der Waals surface area contributed by atoms with Gasteiger partial charge in [0.05, 0.1) is 16.4 Å². The van der Waals surface area contributed by atoms with Crippen LogP contribution >= 0.6 is 11.3 Å². The van der Waals surface area contributed by atoms with Gasteiger partial charge < -0.3 is 0 Å². The predicted octanol–water partition coefficient (Wildman–Crippen LogP) is 6.52. The molecule has 3 heterocycles. The highest BCUT2D eigenvalue weighted by Gasteiger charge is 2.15. The second kappa shape index (κ2) is 5.65. The molecule has 0 N–H and O–H groups in total. The summed E-state index contributed by atoms with van der Waals surface area (Å²) in [7, 11) is 0. The van der Waals surface area contributed by atoms with E-state index in [0.717, 1.165) is 27.2 Å². The molecule has 0 amide bonds. The van der Waals surface area contributed by atoms with Crippen molar-refractivity contribution in [2.45, 2.75) is 0 Å². The van der Waals surface area contributed by atoms with Gasteiger partial charge in [0.15, 0.2) is 0 Å². The molecule has 140 valence electrons. The van der Waals surface area contributed by atoms with Crippen LogP contribution in [0, 0.1) is 0 Å². The molecular weight excluding hydrogens is 388 g/mol. The fourth-order valence-electron chi connectivity index (χ4n) is 4.61. The van der Waals surface area contributed by atoms with Crippen molar-refractivity contribution >= 4 is 69.7 Å². The van der Waals surface area contributed by atoms with Crippen LogP contribution in [0.1, 0.15) is 0 Å². The van der Waals surface area contributed by atoms with Crippen LogP contribution in [0.4, 0.5) is 0 Å². The molecule has 3 aromatic heterocycles. The van der Waals surface area contributed by atoms with Crippen LogP contribution in [0.3, 0.4) is 0 Å². The van der Waals surface area contributed by atoms with E-state index in [1.54, 1.807) is 15.7 Å². The molecule has 0 bridgehead atoms. The Hall–Kier alpha value is -3.76. The molecular formula is C26H14N2OS. The van der Waals surface area contributed by atoms with Crippen LogP contribution < -0.4 is 5.56 Å². The van der Waals surface area contributed by atoms with E-state index >= 15 is 0 Å². The summed E-state index contributed by atoms with van der Waals surface area (Å²) in [6.45, 7) is 0. The van der Waals surface area contributed by atoms with Crippen molar-refractivity contribution in [3.63, 3.8) is 0 Å². The molecule has 0 saturated heterocycles. The summed E-state index contributed by atoms with van der Waals surface area (Å²) in [4.78, 5) is 18.5. The Kier molecular flexibility index (Phi) is 3.03. The highest BCUT2D eigenvalue weighted by molar-refractivity contribution is 7.25. The van der Waals surface area contributed by atoms with E-state index < -0.39 is 0 Å². The van der Waals surface area contributed by atoms with Crippen molar-refractivity contribution in [2.24, 2.45) is 0 Å². The molecule has 0 aliphatic heterocycles. The first-order valence-electron chi connectivity index (χ1n) is 9.87. The number of hydrogen-bond donors (Lipinski definition) is 0. The van der Waals surface area contributed by atoms with Crippen LogP contribution in [-0.2, 0) is 0 Å². The van der Waals surface area contributed by atoms with E-state index in [9.17, 15) is 4.79 Å². The maximum atomic E-state index is 13.6. The highest BCUT2D eigenvalue weighted by atomic mass is 32.1. The lowest BCUT2D eigenvalue weighted by Gasteiger charge is -2.12. The zero-order valence-corrected chi connectivity index (χ0v) is 16.6. The molecule has 0 aliphatic carbocycles. The summed E-state index contributed by atoms with van der Waals surface area (Å²) < 4.78 is 4.23. The third-order valence-corrected chi connectivity index (χ3v) is 7.10. The van der Waals surface area contributed by atoms with E-state index in [-0.39, 0.29) is 5.56 Å². The number of pyridine rings is 1. The van der Waals surface area contributed by atoms with Crippen molar-refractivity contribution in [1.82, 2.24) is 9.38 Å². The third kappa shape index (κ3) is 1.98. The Bertz CT molecular complexity index is 1880. The zero-order chi connectivity index (χ0) is 19.8. The Labute approximate surface area is 174 Å². The van der Waals surface area contributed by atoms with Crippen molar-refractivity contribution in [3.8, 4) is 0 Å². The normalized spacial score (nSPS) is 12.1. The third-order valence-electron chi connectivity index (χ3n) is 5.97. The molecule has 30 heavy (non-hydrogen) atoms. The smallest absolute Gasteiger partial charge is 0.266 e. The quantitative estimate of drug-likeness (QED) is 0.214. The number of nitrogens with zero attached hydrogens (tertiary/aromatic N) is 2. The fourth-order valence-corrected chi connectivity index (χ4v) is 5.73. The lowest BCUT2D eigenvalue weighted by molar-refractivity contribution is 1.14. The molecule has 0 atom stereocenters. The van der Waals surface area contributed by atoms with Gasteiger partial charge in [-0.25, -0.2) is 4.98 Å². The van der Waals surface area contributed by atoms with Crippen LogP contribution in [0.15, 0.2) is 89.7 Å². The Morgan fingerprint density at radius 2 is 1.33 bits per heavy atom. The first kappa shape index (κ1) is 16.1. The maximum absolute atomic E-state index is 13.6. The Balaban J connectivity index is 1.84. The largest absolute Gasteiger partial charge is 0.268 e. The minimum Gasteiger partial charge on any atom is -0.268 e. The van der Waals surface area contributed by atoms with E-state index in [0.29, 0.717) is 11.0 Å². The van der Waals surface area contributed by atoms with Gasteiger partial charge in [0.1, 0.15) is 5.65 Å². The van der Waals surface area contributed by atoms with Crippen LogP contribution in [0.5, 0.6) is 0 Å². The van der Waals surface area contributed by atoms with Gasteiger partial charge in [0.25, 0.3) is 5.56 Å². The topological polar surface area (TPSA) is 34.4 Å². The number of para-hydroxylation sites is 1. The summed E-state index contributed by atoms with van der Waals surface area (Å²) >= 11 is 1.76. The standard InChI is InChI=1S/C26H14N2OS/c29-26-18-10-3-5-11-21(18)27-25-17-9-2-1-7-15(17)19-13-20-16-8-4-6-12-23(16)30-24(20)14-22(19)28(25)26/h1-14H. The summed E-state index contributed by atoms with van der Waals surface area (Å²) in [6.07, 6.45) is 0. The first-order valence-corrected chi connectivity index (χ1v) is 10.7. The van der Waals surface area contributed by atoms with Gasteiger partial charge in [-0.3, -0.25) is 9.20 Å².